The summed E-state index contributed by atoms with van der Waals surface area (Å²) in [4.78, 5) is 33.7. The van der Waals surface area contributed by atoms with Crippen LogP contribution in [0.2, 0.25) is 0 Å². The number of hydrogen-bond donors (Lipinski definition) is 2. The Kier molecular flexibility index (Phi) is 9.24. The molecular formula is C35H34N6O4. The number of rotatable bonds is 12. The van der Waals surface area contributed by atoms with Gasteiger partial charge in [0.2, 0.25) is 5.91 Å². The summed E-state index contributed by atoms with van der Waals surface area (Å²) in [5.74, 6) is 0.520. The lowest BCUT2D eigenvalue weighted by Crippen LogP contribution is -2.40. The number of aromatic hydroxyl groups is 2. The molecule has 1 aliphatic rings. The lowest BCUT2D eigenvalue weighted by Gasteiger charge is -2.33. The molecule has 0 spiro atoms. The minimum atomic E-state index is -0.174. The lowest BCUT2D eigenvalue weighted by molar-refractivity contribution is -0.119. The predicted octanol–water partition coefficient (Wildman–Crippen LogP) is 5.65. The Balaban J connectivity index is 1.21. The van der Waals surface area contributed by atoms with E-state index >= 15 is 0 Å². The molecule has 5 aromatic rings. The fourth-order valence-corrected chi connectivity index (χ4v) is 5.43. The number of phenols is 2. The topological polar surface area (TPSA) is 115 Å². The fraction of sp³-hybridized carbons (Fsp3) is 0.200. The molecule has 6 rings (SSSR count). The minimum absolute atomic E-state index is 0.0162. The third-order valence-corrected chi connectivity index (χ3v) is 7.48. The summed E-state index contributed by atoms with van der Waals surface area (Å²) in [5.41, 5.74) is 3.87. The first-order valence-electron chi connectivity index (χ1n) is 14.8. The zero-order chi connectivity index (χ0) is 31.0. The zero-order valence-corrected chi connectivity index (χ0v) is 24.7. The number of benzene rings is 2. The molecule has 0 saturated carbocycles. The van der Waals surface area contributed by atoms with Gasteiger partial charge in [0.25, 0.3) is 0 Å². The van der Waals surface area contributed by atoms with E-state index < -0.39 is 0 Å². The van der Waals surface area contributed by atoms with E-state index in [1.807, 2.05) is 54.6 Å². The molecule has 0 unspecified atom stereocenters. The van der Waals surface area contributed by atoms with Crippen LogP contribution in [0, 0.1) is 0 Å². The van der Waals surface area contributed by atoms with Crippen molar-refractivity contribution in [2.24, 2.45) is 0 Å². The van der Waals surface area contributed by atoms with Gasteiger partial charge in [-0.1, -0.05) is 18.2 Å². The molecule has 10 heteroatoms. The van der Waals surface area contributed by atoms with Crippen molar-refractivity contribution in [2.75, 3.05) is 24.5 Å². The summed E-state index contributed by atoms with van der Waals surface area (Å²) < 4.78 is 5.96. The van der Waals surface area contributed by atoms with Gasteiger partial charge in [0.05, 0.1) is 35.0 Å². The second kappa shape index (κ2) is 14.0. The minimum Gasteiger partial charge on any atom is -0.508 e. The van der Waals surface area contributed by atoms with Gasteiger partial charge in [-0.05, 0) is 67.1 Å². The zero-order valence-electron chi connectivity index (χ0n) is 24.7. The molecule has 0 fully saturated rings. The van der Waals surface area contributed by atoms with Crippen molar-refractivity contribution in [1.82, 2.24) is 24.8 Å². The first kappa shape index (κ1) is 29.7. The normalized spacial score (nSPS) is 12.1. The van der Waals surface area contributed by atoms with Crippen molar-refractivity contribution in [1.29, 1.82) is 0 Å². The van der Waals surface area contributed by atoms with E-state index in [9.17, 15) is 15.0 Å². The molecular weight excluding hydrogens is 568 g/mol. The van der Waals surface area contributed by atoms with E-state index in [0.29, 0.717) is 49.1 Å². The van der Waals surface area contributed by atoms with Gasteiger partial charge in [0.1, 0.15) is 11.5 Å². The molecule has 3 aromatic heterocycles. The van der Waals surface area contributed by atoms with Crippen molar-refractivity contribution >= 4 is 17.3 Å². The molecule has 228 valence electrons. The smallest absolute Gasteiger partial charge is 0.245 e. The van der Waals surface area contributed by atoms with E-state index in [1.54, 1.807) is 35.6 Å². The lowest BCUT2D eigenvalue weighted by atomic mass is 10.1. The molecule has 10 nitrogen and oxygen atoms in total. The Labute approximate surface area is 261 Å². The van der Waals surface area contributed by atoms with Crippen LogP contribution in [0.25, 0.3) is 0 Å². The monoisotopic (exact) mass is 602 g/mol. The maximum Gasteiger partial charge on any atom is 0.245 e. The summed E-state index contributed by atoms with van der Waals surface area (Å²) in [7, 11) is 0. The second-order valence-electron chi connectivity index (χ2n) is 10.9. The van der Waals surface area contributed by atoms with Gasteiger partial charge < -0.3 is 14.9 Å². The molecule has 0 aliphatic carbocycles. The SMILES string of the molecule is O=C(CN(CCCN(Cc1ccccn1)Cc1ccccn1)Cc1ccccn1)N1c2ccc(O)cc2Oc2cc(O)ccc21. The van der Waals surface area contributed by atoms with Crippen LogP contribution in [0.4, 0.5) is 11.4 Å². The third kappa shape index (κ3) is 7.61. The van der Waals surface area contributed by atoms with Crippen molar-refractivity contribution in [3.05, 3.63) is 127 Å². The quantitative estimate of drug-likeness (QED) is 0.187. The first-order valence-corrected chi connectivity index (χ1v) is 14.8. The number of carbonyl (C=O) groups is 1. The van der Waals surface area contributed by atoms with Crippen LogP contribution in [-0.2, 0) is 24.4 Å². The summed E-state index contributed by atoms with van der Waals surface area (Å²) in [6.07, 6.45) is 6.15. The number of amides is 1. The van der Waals surface area contributed by atoms with Gasteiger partial charge in [0, 0.05) is 63.4 Å². The summed E-state index contributed by atoms with van der Waals surface area (Å²) in [5, 5.41) is 20.2. The van der Waals surface area contributed by atoms with Gasteiger partial charge >= 0.3 is 0 Å². The van der Waals surface area contributed by atoms with Crippen molar-refractivity contribution < 1.29 is 19.7 Å². The number of ether oxygens (including phenoxy) is 1. The molecule has 0 bridgehead atoms. The highest BCUT2D eigenvalue weighted by Gasteiger charge is 2.31. The van der Waals surface area contributed by atoms with E-state index in [-0.39, 0.29) is 24.0 Å². The van der Waals surface area contributed by atoms with E-state index in [0.717, 1.165) is 30.0 Å². The Morgan fingerprint density at radius 1 is 0.644 bits per heavy atom. The molecule has 1 amide bonds. The molecule has 0 saturated heterocycles. The first-order chi connectivity index (χ1) is 22.0. The molecule has 2 N–H and O–H groups in total. The van der Waals surface area contributed by atoms with Gasteiger partial charge in [-0.2, -0.15) is 0 Å². The fourth-order valence-electron chi connectivity index (χ4n) is 5.43. The summed E-state index contributed by atoms with van der Waals surface area (Å²) >= 11 is 0. The number of anilines is 2. The van der Waals surface area contributed by atoms with Crippen LogP contribution in [0.3, 0.4) is 0 Å². The summed E-state index contributed by atoms with van der Waals surface area (Å²) in [6, 6.07) is 26.9. The Morgan fingerprint density at radius 3 is 1.58 bits per heavy atom. The van der Waals surface area contributed by atoms with Crippen LogP contribution < -0.4 is 9.64 Å². The number of pyridine rings is 3. The maximum absolute atomic E-state index is 14.1. The van der Waals surface area contributed by atoms with Crippen LogP contribution in [0.5, 0.6) is 23.0 Å². The van der Waals surface area contributed by atoms with Crippen molar-refractivity contribution in [2.45, 2.75) is 26.1 Å². The van der Waals surface area contributed by atoms with Gasteiger partial charge in [-0.15, -0.1) is 0 Å². The van der Waals surface area contributed by atoms with Crippen LogP contribution in [-0.4, -0.2) is 60.5 Å². The van der Waals surface area contributed by atoms with E-state index in [4.69, 9.17) is 4.74 Å². The van der Waals surface area contributed by atoms with Gasteiger partial charge in [-0.3, -0.25) is 34.4 Å². The molecule has 0 atom stereocenters. The highest BCUT2D eigenvalue weighted by atomic mass is 16.5. The number of phenolic OH excluding ortho intramolecular Hbond substituents is 2. The van der Waals surface area contributed by atoms with Crippen molar-refractivity contribution in [3.63, 3.8) is 0 Å². The molecule has 1 aliphatic heterocycles. The van der Waals surface area contributed by atoms with Crippen LogP contribution >= 0.6 is 0 Å². The highest BCUT2D eigenvalue weighted by molar-refractivity contribution is 6.05. The highest BCUT2D eigenvalue weighted by Crippen LogP contribution is 2.48. The number of aromatic nitrogens is 3. The predicted molar refractivity (Wildman–Crippen MR) is 170 cm³/mol. The molecule has 2 aromatic carbocycles. The summed E-state index contributed by atoms with van der Waals surface area (Å²) in [6.45, 7) is 3.36. The van der Waals surface area contributed by atoms with Crippen LogP contribution in [0.1, 0.15) is 23.5 Å². The number of nitrogens with zero attached hydrogens (tertiary/aromatic N) is 6. The van der Waals surface area contributed by atoms with E-state index in [1.165, 1.54) is 24.3 Å². The second-order valence-corrected chi connectivity index (χ2v) is 10.9. The average molecular weight is 603 g/mol. The van der Waals surface area contributed by atoms with Crippen LogP contribution in [0.15, 0.2) is 110 Å². The Hall–Kier alpha value is -5.32. The van der Waals surface area contributed by atoms with Gasteiger partial charge in [-0.25, -0.2) is 0 Å². The standard InChI is InChI=1S/C35H34N6O4/c42-29-11-13-31-33(20-29)45-34-21-30(43)12-14-32(34)41(31)35(44)25-40(24-28-10-3-6-17-38-28)19-7-18-39(22-26-8-1-4-15-36-26)23-27-9-2-5-16-37-27/h1-6,8-17,20-21,42-43H,7,18-19,22-25H2. The number of fused-ring (bicyclic) bond motifs is 2. The third-order valence-electron chi connectivity index (χ3n) is 7.48. The maximum atomic E-state index is 14.1. The molecule has 0 radical (unpaired) electrons. The molecule has 4 heterocycles. The molecule has 45 heavy (non-hydrogen) atoms. The largest absolute Gasteiger partial charge is 0.508 e. The Morgan fingerprint density at radius 2 is 1.11 bits per heavy atom. The average Bonchev–Trinajstić information content (AvgIpc) is 3.05. The van der Waals surface area contributed by atoms with E-state index in [2.05, 4.69) is 24.8 Å². The number of carbonyl (C=O) groups excluding carboxylic acids is 1. The van der Waals surface area contributed by atoms with Crippen molar-refractivity contribution in [3.8, 4) is 23.0 Å². The van der Waals surface area contributed by atoms with Gasteiger partial charge in [0.15, 0.2) is 11.5 Å². The Bertz CT molecular complexity index is 1630. The number of hydrogen-bond acceptors (Lipinski definition) is 9.